The minimum atomic E-state index is -0.457. The molecule has 3 rings (SSSR count). The van der Waals surface area contributed by atoms with Crippen molar-refractivity contribution in [2.24, 2.45) is 0 Å². The van der Waals surface area contributed by atoms with Gasteiger partial charge in [0.05, 0.1) is 0 Å². The van der Waals surface area contributed by atoms with Gasteiger partial charge < -0.3 is 9.52 Å². The van der Waals surface area contributed by atoms with Crippen LogP contribution in [0.1, 0.15) is 41.1 Å². The van der Waals surface area contributed by atoms with Crippen LogP contribution in [0.3, 0.4) is 0 Å². The van der Waals surface area contributed by atoms with Crippen molar-refractivity contribution in [2.75, 3.05) is 0 Å². The lowest BCUT2D eigenvalue weighted by Crippen LogP contribution is -2.16. The molecule has 0 fully saturated rings. The van der Waals surface area contributed by atoms with Gasteiger partial charge in [0.2, 0.25) is 5.78 Å². The molecule has 0 atom stereocenters. The fourth-order valence-corrected chi connectivity index (χ4v) is 2.60. The van der Waals surface area contributed by atoms with Gasteiger partial charge in [-0.25, -0.2) is 4.39 Å². The summed E-state index contributed by atoms with van der Waals surface area (Å²) in [5.74, 6) is -0.967. The molecule has 4 nitrogen and oxygen atoms in total. The van der Waals surface area contributed by atoms with Crippen molar-refractivity contribution in [3.8, 4) is 0 Å². The van der Waals surface area contributed by atoms with E-state index in [1.54, 1.807) is 18.2 Å². The van der Waals surface area contributed by atoms with E-state index >= 15 is 0 Å². The average Bonchev–Trinajstić information content (AvgIpc) is 3.00. The molecule has 118 valence electrons. The third kappa shape index (κ3) is 3.23. The smallest absolute Gasteiger partial charge is 0.227 e. The molecule has 5 heteroatoms. The number of aliphatic hydroxyl groups is 1. The second-order valence-corrected chi connectivity index (χ2v) is 5.50. The third-order valence-corrected chi connectivity index (χ3v) is 3.83. The Labute approximate surface area is 132 Å². The molecule has 0 saturated heterocycles. The number of Topliss-reactive ketones (excluding diaryl/α,β-unsaturated/α-hetero) is 2. The monoisotopic (exact) mass is 314 g/mol. The fraction of sp³-hybridized carbons (Fsp3) is 0.222. The summed E-state index contributed by atoms with van der Waals surface area (Å²) in [6.07, 6.45) is 1.60. The number of hydrogen-bond acceptors (Lipinski definition) is 4. The van der Waals surface area contributed by atoms with Crippen molar-refractivity contribution in [3.05, 3.63) is 70.6 Å². The number of aliphatic hydroxyl groups excluding tert-OH is 1. The Hall–Kier alpha value is -2.69. The van der Waals surface area contributed by atoms with Crippen LogP contribution in [0.15, 0.2) is 52.1 Å². The first-order chi connectivity index (χ1) is 11.0. The maximum atomic E-state index is 12.9. The molecule has 1 aromatic carbocycles. The number of ketones is 2. The predicted molar refractivity (Wildman–Crippen MR) is 80.8 cm³/mol. The van der Waals surface area contributed by atoms with Crippen molar-refractivity contribution >= 4 is 11.6 Å². The highest BCUT2D eigenvalue weighted by atomic mass is 19.1. The van der Waals surface area contributed by atoms with Gasteiger partial charge in [0, 0.05) is 18.4 Å². The van der Waals surface area contributed by atoms with Crippen molar-refractivity contribution in [3.63, 3.8) is 0 Å². The zero-order valence-corrected chi connectivity index (χ0v) is 12.3. The van der Waals surface area contributed by atoms with Crippen molar-refractivity contribution in [2.45, 2.75) is 25.7 Å². The lowest BCUT2D eigenvalue weighted by Gasteiger charge is -2.12. The number of halogens is 1. The quantitative estimate of drug-likeness (QED) is 0.873. The molecule has 1 heterocycles. The van der Waals surface area contributed by atoms with Crippen LogP contribution in [0, 0.1) is 5.82 Å². The molecule has 0 aliphatic heterocycles. The Morgan fingerprint density at radius 1 is 1.13 bits per heavy atom. The first kappa shape index (κ1) is 15.2. The summed E-state index contributed by atoms with van der Waals surface area (Å²) in [6.45, 7) is 0. The fourth-order valence-electron chi connectivity index (χ4n) is 2.60. The molecule has 1 N–H and O–H groups in total. The number of benzene rings is 1. The van der Waals surface area contributed by atoms with Crippen LogP contribution in [0.5, 0.6) is 0 Å². The highest BCUT2D eigenvalue weighted by Gasteiger charge is 2.27. The molecule has 0 saturated carbocycles. The van der Waals surface area contributed by atoms with E-state index in [9.17, 15) is 19.1 Å². The molecule has 1 aliphatic rings. The van der Waals surface area contributed by atoms with Crippen molar-refractivity contribution < 1.29 is 23.5 Å². The number of furan rings is 1. The first-order valence-electron chi connectivity index (χ1n) is 7.38. The standard InChI is InChI=1S/C18H15FO4/c19-12-6-4-11(5-7-12)10-13-8-9-16(23-13)18(22)14-2-1-3-15(20)17(14)21/h4-9,21H,1-3,10H2. The second-order valence-electron chi connectivity index (χ2n) is 5.50. The zero-order chi connectivity index (χ0) is 16.4. The van der Waals surface area contributed by atoms with Crippen LogP contribution in [-0.4, -0.2) is 16.7 Å². The van der Waals surface area contributed by atoms with Crippen LogP contribution in [0.4, 0.5) is 4.39 Å². The molecule has 0 amide bonds. The van der Waals surface area contributed by atoms with Crippen LogP contribution in [-0.2, 0) is 11.2 Å². The van der Waals surface area contributed by atoms with Gasteiger partial charge in [-0.15, -0.1) is 0 Å². The highest BCUT2D eigenvalue weighted by molar-refractivity contribution is 6.12. The van der Waals surface area contributed by atoms with Gasteiger partial charge in [-0.1, -0.05) is 12.1 Å². The number of rotatable bonds is 4. The summed E-state index contributed by atoms with van der Waals surface area (Å²) in [6, 6.07) is 9.21. The highest BCUT2D eigenvalue weighted by Crippen LogP contribution is 2.25. The minimum Gasteiger partial charge on any atom is -0.504 e. The summed E-state index contributed by atoms with van der Waals surface area (Å²) in [5, 5.41) is 9.77. The molecule has 23 heavy (non-hydrogen) atoms. The number of carbonyl (C=O) groups is 2. The normalized spacial score (nSPS) is 15.1. The average molecular weight is 314 g/mol. The molecule has 0 unspecified atom stereocenters. The molecule has 0 spiro atoms. The second kappa shape index (κ2) is 6.20. The van der Waals surface area contributed by atoms with Gasteiger partial charge in [-0.05, 0) is 42.7 Å². The van der Waals surface area contributed by atoms with Gasteiger partial charge in [0.25, 0.3) is 0 Å². The molecular formula is C18H15FO4. The Bertz CT molecular complexity index is 784. The van der Waals surface area contributed by atoms with Crippen molar-refractivity contribution in [1.82, 2.24) is 0 Å². The topological polar surface area (TPSA) is 67.5 Å². The molecule has 1 aliphatic carbocycles. The Morgan fingerprint density at radius 2 is 1.87 bits per heavy atom. The minimum absolute atomic E-state index is 0.0957. The molecule has 0 bridgehead atoms. The maximum absolute atomic E-state index is 12.9. The Morgan fingerprint density at radius 3 is 2.61 bits per heavy atom. The van der Waals surface area contributed by atoms with Gasteiger partial charge in [-0.3, -0.25) is 9.59 Å². The summed E-state index contributed by atoms with van der Waals surface area (Å²) < 4.78 is 18.4. The SMILES string of the molecule is O=C1CCCC(C(=O)c2ccc(Cc3ccc(F)cc3)o2)=C1O. The van der Waals surface area contributed by atoms with E-state index in [1.165, 1.54) is 18.2 Å². The lowest BCUT2D eigenvalue weighted by atomic mass is 9.93. The maximum Gasteiger partial charge on any atom is 0.227 e. The van der Waals surface area contributed by atoms with Gasteiger partial charge in [-0.2, -0.15) is 0 Å². The first-order valence-corrected chi connectivity index (χ1v) is 7.38. The van der Waals surface area contributed by atoms with E-state index in [0.717, 1.165) is 5.56 Å². The molecule has 1 aromatic heterocycles. The summed E-state index contributed by atoms with van der Waals surface area (Å²) in [7, 11) is 0. The summed E-state index contributed by atoms with van der Waals surface area (Å²) in [5.41, 5.74) is 0.971. The van der Waals surface area contributed by atoms with Gasteiger partial charge in [0.1, 0.15) is 11.6 Å². The van der Waals surface area contributed by atoms with Gasteiger partial charge in [0.15, 0.2) is 17.3 Å². The third-order valence-electron chi connectivity index (χ3n) is 3.83. The molecule has 0 radical (unpaired) electrons. The predicted octanol–water partition coefficient (Wildman–Crippen LogP) is 3.76. The summed E-state index contributed by atoms with van der Waals surface area (Å²) in [4.78, 5) is 23.8. The van der Waals surface area contributed by atoms with Crippen LogP contribution in [0.2, 0.25) is 0 Å². The number of carbonyl (C=O) groups excluding carboxylic acids is 2. The van der Waals surface area contributed by atoms with E-state index in [4.69, 9.17) is 4.42 Å². The molecule has 2 aromatic rings. The van der Waals surface area contributed by atoms with Crippen LogP contribution < -0.4 is 0 Å². The van der Waals surface area contributed by atoms with Crippen LogP contribution >= 0.6 is 0 Å². The van der Waals surface area contributed by atoms with E-state index in [0.29, 0.717) is 25.0 Å². The Kier molecular flexibility index (Phi) is 4.10. The van der Waals surface area contributed by atoms with Gasteiger partial charge >= 0.3 is 0 Å². The number of allylic oxidation sites excluding steroid dienone is 2. The van der Waals surface area contributed by atoms with E-state index in [2.05, 4.69) is 0 Å². The number of hydrogen-bond donors (Lipinski definition) is 1. The van der Waals surface area contributed by atoms with Crippen molar-refractivity contribution in [1.29, 1.82) is 0 Å². The van der Waals surface area contributed by atoms with E-state index < -0.39 is 17.3 Å². The van der Waals surface area contributed by atoms with E-state index in [1.807, 2.05) is 0 Å². The largest absolute Gasteiger partial charge is 0.504 e. The van der Waals surface area contributed by atoms with Crippen LogP contribution in [0.25, 0.3) is 0 Å². The zero-order valence-electron chi connectivity index (χ0n) is 12.3. The summed E-state index contributed by atoms with van der Waals surface area (Å²) >= 11 is 0. The Balaban J connectivity index is 1.79. The lowest BCUT2D eigenvalue weighted by molar-refractivity contribution is -0.118. The van der Waals surface area contributed by atoms with E-state index in [-0.39, 0.29) is 23.6 Å². The molecular weight excluding hydrogens is 299 g/mol.